The van der Waals surface area contributed by atoms with Crippen molar-refractivity contribution in [3.63, 3.8) is 0 Å². The van der Waals surface area contributed by atoms with Gasteiger partial charge < -0.3 is 15.5 Å². The first-order valence-corrected chi connectivity index (χ1v) is 10.9. The minimum Gasteiger partial charge on any atom is -0.489 e. The Morgan fingerprint density at radius 2 is 1.87 bits per heavy atom. The van der Waals surface area contributed by atoms with Gasteiger partial charge in [-0.2, -0.15) is 0 Å². The molecule has 1 saturated carbocycles. The van der Waals surface area contributed by atoms with Gasteiger partial charge in [-0.25, -0.2) is 8.78 Å². The van der Waals surface area contributed by atoms with Gasteiger partial charge in [-0.05, 0) is 73.4 Å². The summed E-state index contributed by atoms with van der Waals surface area (Å²) < 4.78 is 34.1. The lowest BCUT2D eigenvalue weighted by atomic mass is 9.64. The topological polar surface area (TPSA) is 68.1 Å². The molecule has 164 valence electrons. The Morgan fingerprint density at radius 3 is 2.52 bits per heavy atom. The number of ether oxygens (including phenoxy) is 1. The Hall–Kier alpha value is -2.44. The molecular formula is C24H25ClF2N2O2. The van der Waals surface area contributed by atoms with Crippen LogP contribution in [0.3, 0.4) is 0 Å². The van der Waals surface area contributed by atoms with Gasteiger partial charge in [0.1, 0.15) is 17.4 Å². The van der Waals surface area contributed by atoms with Crippen LogP contribution in [0.15, 0.2) is 47.4 Å². The molecule has 1 aromatic heterocycles. The molecular weight excluding hydrogens is 422 g/mol. The number of aromatic nitrogens is 1. The largest absolute Gasteiger partial charge is 0.489 e. The lowest BCUT2D eigenvalue weighted by Gasteiger charge is -2.44. The summed E-state index contributed by atoms with van der Waals surface area (Å²) in [5.41, 5.74) is 6.38. The molecule has 1 aliphatic rings. The Morgan fingerprint density at radius 1 is 1.19 bits per heavy atom. The van der Waals surface area contributed by atoms with E-state index in [1.54, 1.807) is 24.4 Å². The highest BCUT2D eigenvalue weighted by Crippen LogP contribution is 2.44. The number of halogens is 3. The molecule has 0 spiro atoms. The van der Waals surface area contributed by atoms with Crippen LogP contribution in [0.1, 0.15) is 44.6 Å². The molecule has 3 N–H and O–H groups in total. The van der Waals surface area contributed by atoms with Gasteiger partial charge in [0.2, 0.25) is 0 Å². The molecule has 0 aliphatic heterocycles. The molecule has 4 rings (SSSR count). The third-order valence-corrected chi connectivity index (χ3v) is 6.83. The Kier molecular flexibility index (Phi) is 6.04. The van der Waals surface area contributed by atoms with Crippen LogP contribution in [0.25, 0.3) is 10.8 Å². The lowest BCUT2D eigenvalue weighted by molar-refractivity contribution is 0.103. The minimum atomic E-state index is -0.589. The summed E-state index contributed by atoms with van der Waals surface area (Å²) in [6.45, 7) is 1.99. The number of H-pyrrole nitrogens is 1. The molecule has 7 heteroatoms. The van der Waals surface area contributed by atoms with Crippen LogP contribution in [0.4, 0.5) is 8.78 Å². The number of hydrogen-bond donors (Lipinski definition) is 2. The third-order valence-electron chi connectivity index (χ3n) is 6.53. The molecule has 1 fully saturated rings. The van der Waals surface area contributed by atoms with Crippen LogP contribution in [0, 0.1) is 11.6 Å². The number of nitrogens with one attached hydrogen (secondary N) is 1. The molecule has 3 aromatic rings. The molecule has 2 aromatic carbocycles. The highest BCUT2D eigenvalue weighted by molar-refractivity contribution is 6.32. The van der Waals surface area contributed by atoms with Gasteiger partial charge in [0, 0.05) is 29.1 Å². The number of benzene rings is 2. The van der Waals surface area contributed by atoms with E-state index in [4.69, 9.17) is 22.1 Å². The van der Waals surface area contributed by atoms with E-state index in [2.05, 4.69) is 4.98 Å². The summed E-state index contributed by atoms with van der Waals surface area (Å²) in [5, 5.41) is 1.62. The second kappa shape index (κ2) is 8.60. The van der Waals surface area contributed by atoms with Crippen molar-refractivity contribution < 1.29 is 13.5 Å². The first kappa shape index (κ1) is 21.8. The van der Waals surface area contributed by atoms with Gasteiger partial charge in [-0.1, -0.05) is 18.5 Å². The number of pyridine rings is 1. The standard InChI is InChI=1S/C24H25ClF2N2O2/c1-2-22(28)24(15-10-16(26)12-17(27)11-15)6-3-18(4-7-24)31-21-9-14-5-8-29-23(30)19(14)13-20(21)25/h5,8-13,18,22H,2-4,6-7,28H2,1H3,(H,29,30)/t18?,22-,24?/m1/s1. The van der Waals surface area contributed by atoms with E-state index in [9.17, 15) is 13.6 Å². The molecule has 0 amide bonds. The second-order valence-corrected chi connectivity index (χ2v) is 8.73. The number of aromatic amines is 1. The molecule has 0 radical (unpaired) electrons. The van der Waals surface area contributed by atoms with Crippen molar-refractivity contribution in [1.29, 1.82) is 0 Å². The maximum absolute atomic E-state index is 13.9. The van der Waals surface area contributed by atoms with E-state index in [-0.39, 0.29) is 17.7 Å². The summed E-state index contributed by atoms with van der Waals surface area (Å²) in [4.78, 5) is 14.6. The van der Waals surface area contributed by atoms with Gasteiger partial charge >= 0.3 is 0 Å². The van der Waals surface area contributed by atoms with E-state index in [0.717, 1.165) is 11.5 Å². The molecule has 0 saturated heterocycles. The SMILES string of the molecule is CC[C@@H](N)C1(c2cc(F)cc(F)c2)CCC(Oc2cc3cc[nH]c(=O)c3cc2Cl)CC1. The molecule has 31 heavy (non-hydrogen) atoms. The Balaban J connectivity index is 1.57. The van der Waals surface area contributed by atoms with Crippen molar-refractivity contribution in [1.82, 2.24) is 4.98 Å². The highest BCUT2D eigenvalue weighted by Gasteiger charge is 2.42. The summed E-state index contributed by atoms with van der Waals surface area (Å²) >= 11 is 6.37. The normalized spacial score (nSPS) is 22.4. The summed E-state index contributed by atoms with van der Waals surface area (Å²) in [5.74, 6) is -0.656. The summed E-state index contributed by atoms with van der Waals surface area (Å²) in [6.07, 6.45) is 4.84. The summed E-state index contributed by atoms with van der Waals surface area (Å²) in [6, 6.07) is 8.65. The molecule has 0 bridgehead atoms. The summed E-state index contributed by atoms with van der Waals surface area (Å²) in [7, 11) is 0. The van der Waals surface area contributed by atoms with E-state index in [1.807, 2.05) is 6.92 Å². The number of rotatable bonds is 5. The zero-order valence-electron chi connectivity index (χ0n) is 17.3. The number of nitrogens with two attached hydrogens (primary N) is 1. The van der Waals surface area contributed by atoms with Crippen LogP contribution in [-0.2, 0) is 5.41 Å². The van der Waals surface area contributed by atoms with E-state index in [0.29, 0.717) is 53.8 Å². The fraction of sp³-hybridized carbons (Fsp3) is 0.375. The first-order chi connectivity index (χ1) is 14.8. The molecule has 1 heterocycles. The fourth-order valence-corrected chi connectivity index (χ4v) is 5.00. The van der Waals surface area contributed by atoms with Gasteiger partial charge in [0.25, 0.3) is 5.56 Å². The number of fused-ring (bicyclic) bond motifs is 1. The van der Waals surface area contributed by atoms with Gasteiger partial charge in [0.05, 0.1) is 11.1 Å². The van der Waals surface area contributed by atoms with Crippen LogP contribution in [-0.4, -0.2) is 17.1 Å². The molecule has 0 unspecified atom stereocenters. The monoisotopic (exact) mass is 446 g/mol. The molecule has 1 aliphatic carbocycles. The predicted molar refractivity (Wildman–Crippen MR) is 119 cm³/mol. The van der Waals surface area contributed by atoms with Gasteiger partial charge in [0.15, 0.2) is 0 Å². The van der Waals surface area contributed by atoms with E-state index < -0.39 is 17.0 Å². The van der Waals surface area contributed by atoms with Crippen molar-refractivity contribution in [3.8, 4) is 5.75 Å². The highest BCUT2D eigenvalue weighted by atomic mass is 35.5. The molecule has 4 nitrogen and oxygen atoms in total. The van der Waals surface area contributed by atoms with Crippen LogP contribution < -0.4 is 16.0 Å². The Bertz CT molecular complexity index is 1140. The quantitative estimate of drug-likeness (QED) is 0.547. The maximum atomic E-state index is 13.9. The van der Waals surface area contributed by atoms with Crippen molar-refractivity contribution in [2.75, 3.05) is 0 Å². The fourth-order valence-electron chi connectivity index (χ4n) is 4.79. The predicted octanol–water partition coefficient (Wildman–Crippen LogP) is 5.46. The average Bonchev–Trinajstić information content (AvgIpc) is 2.74. The van der Waals surface area contributed by atoms with Crippen LogP contribution >= 0.6 is 11.6 Å². The second-order valence-electron chi connectivity index (χ2n) is 8.32. The first-order valence-electron chi connectivity index (χ1n) is 10.5. The average molecular weight is 447 g/mol. The maximum Gasteiger partial charge on any atom is 0.255 e. The smallest absolute Gasteiger partial charge is 0.255 e. The van der Waals surface area contributed by atoms with Crippen LogP contribution in [0.5, 0.6) is 5.75 Å². The van der Waals surface area contributed by atoms with Crippen LogP contribution in [0.2, 0.25) is 5.02 Å². The third kappa shape index (κ3) is 4.19. The van der Waals surface area contributed by atoms with Crippen molar-refractivity contribution in [3.05, 3.63) is 75.2 Å². The lowest BCUT2D eigenvalue weighted by Crippen LogP contribution is -2.49. The minimum absolute atomic E-state index is 0.104. The molecule has 1 atom stereocenters. The van der Waals surface area contributed by atoms with E-state index >= 15 is 0 Å². The van der Waals surface area contributed by atoms with Crippen molar-refractivity contribution in [2.24, 2.45) is 5.73 Å². The number of hydrogen-bond acceptors (Lipinski definition) is 3. The zero-order valence-corrected chi connectivity index (χ0v) is 18.0. The van der Waals surface area contributed by atoms with Crippen molar-refractivity contribution >= 4 is 22.4 Å². The van der Waals surface area contributed by atoms with Crippen molar-refractivity contribution in [2.45, 2.75) is 56.6 Å². The zero-order chi connectivity index (χ0) is 22.2. The van der Waals surface area contributed by atoms with Gasteiger partial charge in [-0.3, -0.25) is 4.79 Å². The van der Waals surface area contributed by atoms with E-state index in [1.165, 1.54) is 12.1 Å². The van der Waals surface area contributed by atoms with Gasteiger partial charge in [-0.15, -0.1) is 0 Å². The Labute approximate surface area is 184 Å².